The summed E-state index contributed by atoms with van der Waals surface area (Å²) in [5.74, 6) is -0.279. The van der Waals surface area contributed by atoms with Crippen LogP contribution in [0.3, 0.4) is 0 Å². The Morgan fingerprint density at radius 3 is 2.59 bits per heavy atom. The van der Waals surface area contributed by atoms with Gasteiger partial charge in [-0.2, -0.15) is 5.10 Å². The Labute approximate surface area is 135 Å². The van der Waals surface area contributed by atoms with E-state index in [0.29, 0.717) is 10.2 Å². The van der Waals surface area contributed by atoms with Crippen molar-refractivity contribution in [2.75, 3.05) is 0 Å². The molecule has 0 spiro atoms. The molecule has 2 heterocycles. The third-order valence-corrected chi connectivity index (χ3v) is 3.85. The van der Waals surface area contributed by atoms with Gasteiger partial charge >= 0.3 is 0 Å². The second-order valence-electron chi connectivity index (χ2n) is 4.84. The molecule has 7 heteroatoms. The molecule has 0 bridgehead atoms. The third kappa shape index (κ3) is 2.71. The summed E-state index contributed by atoms with van der Waals surface area (Å²) in [6.07, 6.45) is 4.72. The lowest BCUT2D eigenvalue weighted by atomic mass is 10.2. The highest BCUT2D eigenvalue weighted by Crippen LogP contribution is 2.24. The van der Waals surface area contributed by atoms with Gasteiger partial charge in [0.05, 0.1) is 11.9 Å². The van der Waals surface area contributed by atoms with Crippen molar-refractivity contribution in [2.24, 2.45) is 5.10 Å². The minimum atomic E-state index is -0.279. The van der Waals surface area contributed by atoms with Gasteiger partial charge in [-0.3, -0.25) is 0 Å². The Bertz CT molecular complexity index is 836. The lowest BCUT2D eigenvalue weighted by Gasteiger charge is -2.11. The molecule has 0 aliphatic carbocycles. The number of hydrogen-bond donors (Lipinski definition) is 0. The van der Waals surface area contributed by atoms with Crippen molar-refractivity contribution in [1.82, 2.24) is 19.4 Å². The fourth-order valence-electron chi connectivity index (χ4n) is 2.34. The Morgan fingerprint density at radius 1 is 1.18 bits per heavy atom. The highest BCUT2D eigenvalue weighted by molar-refractivity contribution is 9.10. The first kappa shape index (κ1) is 14.6. The van der Waals surface area contributed by atoms with Gasteiger partial charge in [0, 0.05) is 21.4 Å². The van der Waals surface area contributed by atoms with Crippen molar-refractivity contribution in [3.8, 4) is 5.69 Å². The number of rotatable bonds is 3. The number of aryl methyl sites for hydroxylation is 1. The monoisotopic (exact) mass is 361 g/mol. The fraction of sp³-hybridized carbons (Fsp3) is 0.133. The average Bonchev–Trinajstić information content (AvgIpc) is 3.07. The van der Waals surface area contributed by atoms with Gasteiger partial charge in [-0.05, 0) is 38.1 Å². The second kappa shape index (κ2) is 5.84. The number of hydrogen-bond acceptors (Lipinski definition) is 3. The number of nitrogens with zero attached hydrogens (tertiary/aromatic N) is 5. The first-order valence-corrected chi connectivity index (χ1v) is 7.39. The van der Waals surface area contributed by atoms with Crippen molar-refractivity contribution in [3.63, 3.8) is 0 Å². The van der Waals surface area contributed by atoms with E-state index in [1.54, 1.807) is 12.3 Å². The molecule has 3 rings (SSSR count). The van der Waals surface area contributed by atoms with Crippen LogP contribution in [0.25, 0.3) is 5.69 Å². The molecule has 3 aromatic rings. The SMILES string of the molecule is Cc1cc(/C=N\n2cnnc2)c(C)n1-c1ccc(Br)cc1F. The molecule has 0 unspecified atom stereocenters. The molecule has 0 aliphatic heterocycles. The molecular weight excluding hydrogens is 349 g/mol. The zero-order chi connectivity index (χ0) is 15.7. The topological polar surface area (TPSA) is 48.0 Å². The largest absolute Gasteiger partial charge is 0.315 e. The number of aromatic nitrogens is 4. The van der Waals surface area contributed by atoms with Crippen molar-refractivity contribution in [2.45, 2.75) is 13.8 Å². The van der Waals surface area contributed by atoms with Gasteiger partial charge in [0.15, 0.2) is 0 Å². The van der Waals surface area contributed by atoms with E-state index in [0.717, 1.165) is 17.0 Å². The molecule has 1 aromatic carbocycles. The summed E-state index contributed by atoms with van der Waals surface area (Å²) < 4.78 is 18.3. The third-order valence-electron chi connectivity index (χ3n) is 3.36. The van der Waals surface area contributed by atoms with Crippen LogP contribution in [0, 0.1) is 19.7 Å². The van der Waals surface area contributed by atoms with Crippen LogP contribution in [0.4, 0.5) is 4.39 Å². The van der Waals surface area contributed by atoms with E-state index in [-0.39, 0.29) is 5.82 Å². The lowest BCUT2D eigenvalue weighted by molar-refractivity contribution is 0.615. The molecule has 0 fully saturated rings. The molecule has 5 nitrogen and oxygen atoms in total. The Morgan fingerprint density at radius 2 is 1.91 bits per heavy atom. The minimum Gasteiger partial charge on any atom is -0.315 e. The van der Waals surface area contributed by atoms with E-state index in [1.165, 1.54) is 23.4 Å². The van der Waals surface area contributed by atoms with Gasteiger partial charge < -0.3 is 4.57 Å². The molecule has 2 aromatic heterocycles. The van der Waals surface area contributed by atoms with Crippen LogP contribution in [-0.2, 0) is 0 Å². The minimum absolute atomic E-state index is 0.279. The van der Waals surface area contributed by atoms with Gasteiger partial charge in [-0.15, -0.1) is 10.2 Å². The quantitative estimate of drug-likeness (QED) is 0.670. The van der Waals surface area contributed by atoms with E-state index in [4.69, 9.17) is 0 Å². The Balaban J connectivity index is 2.03. The van der Waals surface area contributed by atoms with Crippen LogP contribution in [0.2, 0.25) is 0 Å². The number of benzene rings is 1. The van der Waals surface area contributed by atoms with Crippen LogP contribution in [-0.4, -0.2) is 25.7 Å². The first-order chi connectivity index (χ1) is 10.6. The predicted molar refractivity (Wildman–Crippen MR) is 85.9 cm³/mol. The van der Waals surface area contributed by atoms with Crippen LogP contribution >= 0.6 is 15.9 Å². The summed E-state index contributed by atoms with van der Waals surface area (Å²) in [6.45, 7) is 3.87. The molecule has 0 radical (unpaired) electrons. The normalized spacial score (nSPS) is 11.5. The van der Waals surface area contributed by atoms with Crippen molar-refractivity contribution in [3.05, 3.63) is 64.2 Å². The first-order valence-electron chi connectivity index (χ1n) is 6.59. The molecular formula is C15H13BrFN5. The van der Waals surface area contributed by atoms with Gasteiger partial charge in [0.2, 0.25) is 0 Å². The van der Waals surface area contributed by atoms with Crippen molar-refractivity contribution < 1.29 is 4.39 Å². The summed E-state index contributed by atoms with van der Waals surface area (Å²) in [7, 11) is 0. The average molecular weight is 362 g/mol. The standard InChI is InChI=1S/C15H13BrFN5/c1-10-5-12(7-20-21-8-18-19-9-21)11(2)22(10)15-4-3-13(16)6-14(15)17/h3-9H,1-2H3/b20-7-. The summed E-state index contributed by atoms with van der Waals surface area (Å²) in [5.41, 5.74) is 3.27. The maximum atomic E-state index is 14.2. The van der Waals surface area contributed by atoms with Crippen LogP contribution < -0.4 is 0 Å². The fourth-order valence-corrected chi connectivity index (χ4v) is 2.67. The van der Waals surface area contributed by atoms with Gasteiger partial charge in [-0.1, -0.05) is 15.9 Å². The molecule has 22 heavy (non-hydrogen) atoms. The summed E-state index contributed by atoms with van der Waals surface area (Å²) in [6, 6.07) is 6.99. The summed E-state index contributed by atoms with van der Waals surface area (Å²) in [5, 5.41) is 11.6. The maximum Gasteiger partial charge on any atom is 0.148 e. The van der Waals surface area contributed by atoms with Crippen molar-refractivity contribution in [1.29, 1.82) is 0 Å². The second-order valence-corrected chi connectivity index (χ2v) is 5.76. The highest BCUT2D eigenvalue weighted by atomic mass is 79.9. The molecule has 0 saturated carbocycles. The van der Waals surface area contributed by atoms with E-state index in [1.807, 2.05) is 30.5 Å². The van der Waals surface area contributed by atoms with E-state index < -0.39 is 0 Å². The van der Waals surface area contributed by atoms with Crippen molar-refractivity contribution >= 4 is 22.1 Å². The summed E-state index contributed by atoms with van der Waals surface area (Å²) >= 11 is 3.27. The molecule has 0 saturated heterocycles. The van der Waals surface area contributed by atoms with Crippen LogP contribution in [0.5, 0.6) is 0 Å². The highest BCUT2D eigenvalue weighted by Gasteiger charge is 2.13. The Kier molecular flexibility index (Phi) is 3.89. The molecule has 0 N–H and O–H groups in total. The van der Waals surface area contributed by atoms with Crippen LogP contribution in [0.15, 0.2) is 46.5 Å². The summed E-state index contributed by atoms with van der Waals surface area (Å²) in [4.78, 5) is 0. The number of halogens is 2. The molecule has 0 atom stereocenters. The molecule has 0 aliphatic rings. The predicted octanol–water partition coefficient (Wildman–Crippen LogP) is 3.47. The lowest BCUT2D eigenvalue weighted by Crippen LogP contribution is -2.02. The van der Waals surface area contributed by atoms with E-state index >= 15 is 0 Å². The smallest absolute Gasteiger partial charge is 0.148 e. The van der Waals surface area contributed by atoms with E-state index in [9.17, 15) is 4.39 Å². The van der Waals surface area contributed by atoms with Gasteiger partial charge in [0.1, 0.15) is 18.5 Å². The van der Waals surface area contributed by atoms with Gasteiger partial charge in [-0.25, -0.2) is 9.07 Å². The molecule has 0 amide bonds. The van der Waals surface area contributed by atoms with Crippen LogP contribution in [0.1, 0.15) is 17.0 Å². The van der Waals surface area contributed by atoms with Gasteiger partial charge in [0.25, 0.3) is 0 Å². The maximum absolute atomic E-state index is 14.2. The Hall–Kier alpha value is -2.28. The van der Waals surface area contributed by atoms with E-state index in [2.05, 4.69) is 31.2 Å². The zero-order valence-electron chi connectivity index (χ0n) is 12.0. The molecule has 112 valence electrons. The zero-order valence-corrected chi connectivity index (χ0v) is 13.6.